The molecular formula is C25H22F7N7O3. The highest BCUT2D eigenvalue weighted by atomic mass is 19.4. The maximum absolute atomic E-state index is 14.7. The molecule has 1 aliphatic heterocycles. The number of aromatic amines is 1. The van der Waals surface area contributed by atoms with Gasteiger partial charge in [-0.1, -0.05) is 0 Å². The first kappa shape index (κ1) is 30.4. The number of fused-ring (bicyclic) bond motifs is 1. The van der Waals surface area contributed by atoms with E-state index in [-0.39, 0.29) is 22.3 Å². The molecule has 10 nitrogen and oxygen atoms in total. The van der Waals surface area contributed by atoms with E-state index in [4.69, 9.17) is 16.2 Å². The lowest BCUT2D eigenvalue weighted by Gasteiger charge is -2.12. The number of hydrogen-bond acceptors (Lipinski definition) is 8. The van der Waals surface area contributed by atoms with E-state index in [1.54, 1.807) is 17.4 Å². The second kappa shape index (κ2) is 11.8. The molecule has 0 bridgehead atoms. The summed E-state index contributed by atoms with van der Waals surface area (Å²) in [7, 11) is 0. The summed E-state index contributed by atoms with van der Waals surface area (Å²) in [6.07, 6.45) is -4.83. The van der Waals surface area contributed by atoms with Crippen LogP contribution in [0.3, 0.4) is 0 Å². The molecule has 3 aromatic heterocycles. The Labute approximate surface area is 231 Å². The SMILES string of the molecule is Nc1cn[nH]c(=O)c1C(F)(F)F.Nc1nc(-c2cc3ccn(CCC4CCOC4)c(=O)c3cc2F)ncc1C(F)(F)F. The Morgan fingerprint density at radius 3 is 2.38 bits per heavy atom. The zero-order valence-corrected chi connectivity index (χ0v) is 21.4. The van der Waals surface area contributed by atoms with Gasteiger partial charge in [0, 0.05) is 32.2 Å². The Kier molecular flexibility index (Phi) is 8.51. The first-order valence-electron chi connectivity index (χ1n) is 12.2. The van der Waals surface area contributed by atoms with Crippen LogP contribution in [-0.2, 0) is 23.6 Å². The lowest BCUT2D eigenvalue weighted by molar-refractivity contribution is -0.138. The van der Waals surface area contributed by atoms with Gasteiger partial charge in [0.1, 0.15) is 22.8 Å². The van der Waals surface area contributed by atoms with Gasteiger partial charge in [-0.3, -0.25) is 9.59 Å². The number of anilines is 2. The molecule has 224 valence electrons. The van der Waals surface area contributed by atoms with Gasteiger partial charge in [0.25, 0.3) is 11.1 Å². The van der Waals surface area contributed by atoms with Gasteiger partial charge in [-0.2, -0.15) is 31.4 Å². The average molecular weight is 601 g/mol. The summed E-state index contributed by atoms with van der Waals surface area (Å²) in [6.45, 7) is 1.89. The lowest BCUT2D eigenvalue weighted by atomic mass is 10.0. The molecule has 0 spiro atoms. The van der Waals surface area contributed by atoms with Crippen molar-refractivity contribution in [2.45, 2.75) is 31.7 Å². The maximum atomic E-state index is 14.7. The standard InChI is InChI=1S/C20H18F4N4O2.C5H4F3N3O/c21-16-8-13-12(2-5-28(19(13)29)4-1-11-3-6-30-10-11)7-14(16)18-26-9-15(17(25)27-18)20(22,23)24;6-5(7,8)3-2(9)1-10-11-4(3)12/h2,5,7-9,11H,1,3-4,6,10H2,(H2,25,26,27);1H,(H3,9,11,12). The molecule has 0 radical (unpaired) electrons. The summed E-state index contributed by atoms with van der Waals surface area (Å²) < 4.78 is 96.0. The summed E-state index contributed by atoms with van der Waals surface area (Å²) in [6, 6.07) is 4.04. The van der Waals surface area contributed by atoms with Crippen molar-refractivity contribution in [2.24, 2.45) is 5.92 Å². The number of halogens is 7. The molecule has 4 aromatic rings. The topological polar surface area (TPSA) is 155 Å². The highest BCUT2D eigenvalue weighted by molar-refractivity contribution is 5.86. The van der Waals surface area contributed by atoms with Crippen molar-refractivity contribution in [1.82, 2.24) is 24.7 Å². The molecule has 5 N–H and O–H groups in total. The van der Waals surface area contributed by atoms with Crippen molar-refractivity contribution in [3.05, 3.63) is 74.4 Å². The maximum Gasteiger partial charge on any atom is 0.423 e. The zero-order chi connectivity index (χ0) is 30.8. The summed E-state index contributed by atoms with van der Waals surface area (Å²) in [5.41, 5.74) is 5.20. The van der Waals surface area contributed by atoms with Crippen LogP contribution in [0.15, 0.2) is 46.4 Å². The van der Waals surface area contributed by atoms with Gasteiger partial charge in [0.05, 0.1) is 22.8 Å². The molecule has 5 rings (SSSR count). The van der Waals surface area contributed by atoms with Crippen LogP contribution < -0.4 is 22.6 Å². The van der Waals surface area contributed by atoms with Crippen molar-refractivity contribution in [3.63, 3.8) is 0 Å². The fraction of sp³-hybridized carbons (Fsp3) is 0.320. The van der Waals surface area contributed by atoms with Gasteiger partial charge in [0.2, 0.25) is 0 Å². The third kappa shape index (κ3) is 6.67. The Balaban J connectivity index is 0.000000283. The number of nitrogens with one attached hydrogen (secondary N) is 1. The van der Waals surface area contributed by atoms with Gasteiger partial charge in [-0.15, -0.1) is 0 Å². The van der Waals surface area contributed by atoms with Crippen LogP contribution in [0.25, 0.3) is 22.2 Å². The highest BCUT2D eigenvalue weighted by Crippen LogP contribution is 2.34. The number of pyridine rings is 1. The monoisotopic (exact) mass is 601 g/mol. The number of rotatable bonds is 4. The number of aromatic nitrogens is 5. The van der Waals surface area contributed by atoms with Crippen LogP contribution in [-0.4, -0.2) is 37.9 Å². The molecule has 4 heterocycles. The zero-order valence-electron chi connectivity index (χ0n) is 21.4. The summed E-state index contributed by atoms with van der Waals surface area (Å²) in [5, 5.41) is 5.33. The van der Waals surface area contributed by atoms with Gasteiger partial charge in [-0.25, -0.2) is 19.5 Å². The molecule has 1 fully saturated rings. The number of benzene rings is 1. The third-order valence-electron chi connectivity index (χ3n) is 6.40. The molecule has 1 aromatic carbocycles. The Bertz CT molecular complexity index is 1710. The highest BCUT2D eigenvalue weighted by Gasteiger charge is 2.36. The number of nitrogens with zero attached hydrogens (tertiary/aromatic N) is 4. The van der Waals surface area contributed by atoms with Crippen LogP contribution in [0.2, 0.25) is 0 Å². The van der Waals surface area contributed by atoms with Crippen LogP contribution in [0.4, 0.5) is 42.2 Å². The van der Waals surface area contributed by atoms with Gasteiger partial charge in [-0.05, 0) is 42.3 Å². The second-order valence-electron chi connectivity index (χ2n) is 9.27. The van der Waals surface area contributed by atoms with E-state index in [0.29, 0.717) is 30.7 Å². The fourth-order valence-electron chi connectivity index (χ4n) is 4.23. The van der Waals surface area contributed by atoms with Crippen molar-refractivity contribution in [1.29, 1.82) is 0 Å². The predicted molar refractivity (Wildman–Crippen MR) is 136 cm³/mol. The normalized spacial score (nSPS) is 15.5. The minimum Gasteiger partial charge on any atom is -0.397 e. The van der Waals surface area contributed by atoms with Crippen molar-refractivity contribution in [2.75, 3.05) is 24.7 Å². The number of hydrogen-bond donors (Lipinski definition) is 3. The molecule has 0 amide bonds. The van der Waals surface area contributed by atoms with Crippen LogP contribution in [0.5, 0.6) is 0 Å². The molecule has 0 aliphatic carbocycles. The largest absolute Gasteiger partial charge is 0.423 e. The van der Waals surface area contributed by atoms with Crippen LogP contribution in [0.1, 0.15) is 24.0 Å². The molecule has 0 saturated carbocycles. The van der Waals surface area contributed by atoms with Crippen LogP contribution in [0, 0.1) is 11.7 Å². The number of nitrogen functional groups attached to an aromatic ring is 2. The van der Waals surface area contributed by atoms with E-state index in [0.717, 1.165) is 31.7 Å². The number of aryl methyl sites for hydroxylation is 1. The minimum absolute atomic E-state index is 0.136. The average Bonchev–Trinajstić information content (AvgIpc) is 3.41. The number of H-pyrrole nitrogens is 1. The van der Waals surface area contributed by atoms with E-state index < -0.39 is 46.4 Å². The summed E-state index contributed by atoms with van der Waals surface area (Å²) in [4.78, 5) is 30.5. The van der Waals surface area contributed by atoms with Gasteiger partial charge in [0.15, 0.2) is 5.82 Å². The van der Waals surface area contributed by atoms with E-state index in [1.165, 1.54) is 10.6 Å². The molecular weight excluding hydrogens is 579 g/mol. The van der Waals surface area contributed by atoms with E-state index >= 15 is 0 Å². The first-order valence-corrected chi connectivity index (χ1v) is 12.2. The quantitative estimate of drug-likeness (QED) is 0.297. The molecule has 1 saturated heterocycles. The summed E-state index contributed by atoms with van der Waals surface area (Å²) >= 11 is 0. The summed E-state index contributed by atoms with van der Waals surface area (Å²) in [5.74, 6) is -1.50. The third-order valence-corrected chi connectivity index (χ3v) is 6.40. The molecule has 42 heavy (non-hydrogen) atoms. The second-order valence-corrected chi connectivity index (χ2v) is 9.27. The van der Waals surface area contributed by atoms with Crippen molar-refractivity contribution < 1.29 is 35.5 Å². The van der Waals surface area contributed by atoms with E-state index in [2.05, 4.69) is 15.1 Å². The van der Waals surface area contributed by atoms with Gasteiger partial charge >= 0.3 is 12.4 Å². The van der Waals surface area contributed by atoms with Crippen molar-refractivity contribution >= 4 is 22.3 Å². The minimum atomic E-state index is -4.74. The van der Waals surface area contributed by atoms with Crippen LogP contribution >= 0.6 is 0 Å². The first-order chi connectivity index (χ1) is 19.7. The molecule has 1 aliphatic rings. The van der Waals surface area contributed by atoms with E-state index in [9.17, 15) is 40.3 Å². The Morgan fingerprint density at radius 2 is 1.81 bits per heavy atom. The molecule has 17 heteroatoms. The number of alkyl halides is 6. The van der Waals surface area contributed by atoms with Crippen molar-refractivity contribution in [3.8, 4) is 11.4 Å². The molecule has 1 atom stereocenters. The van der Waals surface area contributed by atoms with E-state index in [1.807, 2.05) is 0 Å². The Morgan fingerprint density at radius 1 is 1.07 bits per heavy atom. The molecule has 1 unspecified atom stereocenters. The Hall–Kier alpha value is -4.54. The van der Waals surface area contributed by atoms with Gasteiger partial charge < -0.3 is 20.8 Å². The smallest absolute Gasteiger partial charge is 0.397 e. The fourth-order valence-corrected chi connectivity index (χ4v) is 4.23. The predicted octanol–water partition coefficient (Wildman–Crippen LogP) is 4.00. The number of nitrogens with two attached hydrogens (primary N) is 2. The number of ether oxygens (including phenoxy) is 1. The lowest BCUT2D eigenvalue weighted by Crippen LogP contribution is -2.24.